The van der Waals surface area contributed by atoms with Crippen molar-refractivity contribution in [3.05, 3.63) is 95.6 Å². The summed E-state index contributed by atoms with van der Waals surface area (Å²) < 4.78 is 0. The summed E-state index contributed by atoms with van der Waals surface area (Å²) in [7, 11) is 0. The van der Waals surface area contributed by atoms with Gasteiger partial charge in [-0.2, -0.15) is 0 Å². The van der Waals surface area contributed by atoms with Gasteiger partial charge < -0.3 is 10.2 Å². The second-order valence-electron chi connectivity index (χ2n) is 7.06. The van der Waals surface area contributed by atoms with Crippen molar-refractivity contribution in [3.8, 4) is 11.5 Å². The first-order valence-electron chi connectivity index (χ1n) is 9.31. The molecule has 0 aliphatic rings. The van der Waals surface area contributed by atoms with E-state index < -0.39 is 0 Å². The minimum absolute atomic E-state index is 0.0632. The minimum atomic E-state index is 0.0632. The Morgan fingerprint density at radius 2 is 1.39 bits per heavy atom. The Labute approximate surface area is 169 Å². The first-order chi connectivity index (χ1) is 13.5. The van der Waals surface area contributed by atoms with Crippen molar-refractivity contribution in [2.24, 2.45) is 0 Å². The molecule has 4 aromatic rings. The fourth-order valence-corrected chi connectivity index (χ4v) is 4.53. The van der Waals surface area contributed by atoms with Crippen LogP contribution in [0.25, 0.3) is 10.8 Å². The lowest BCUT2D eigenvalue weighted by atomic mass is 9.89. The Morgan fingerprint density at radius 1 is 0.714 bits per heavy atom. The average molecular weight is 387 g/mol. The highest BCUT2D eigenvalue weighted by Crippen LogP contribution is 2.39. The molecule has 0 heterocycles. The van der Waals surface area contributed by atoms with Crippen LogP contribution in [0.5, 0.6) is 11.5 Å². The van der Waals surface area contributed by atoms with Gasteiger partial charge in [0.25, 0.3) is 0 Å². The van der Waals surface area contributed by atoms with E-state index in [-0.39, 0.29) is 5.92 Å². The lowest BCUT2D eigenvalue weighted by molar-refractivity contribution is 0.465. The predicted molar refractivity (Wildman–Crippen MR) is 117 cm³/mol. The third kappa shape index (κ3) is 3.58. The quantitative estimate of drug-likeness (QED) is 0.402. The Bertz CT molecular complexity index is 1150. The van der Waals surface area contributed by atoms with Gasteiger partial charge in [-0.3, -0.25) is 0 Å². The lowest BCUT2D eigenvalue weighted by Crippen LogP contribution is -1.98. The van der Waals surface area contributed by atoms with Gasteiger partial charge in [0, 0.05) is 21.3 Å². The van der Waals surface area contributed by atoms with E-state index in [4.69, 9.17) is 0 Å². The molecular weight excluding hydrogens is 364 g/mol. The van der Waals surface area contributed by atoms with Crippen LogP contribution in [0.2, 0.25) is 0 Å². The molecule has 0 amide bonds. The molecular formula is C25H22O2S. The lowest BCUT2D eigenvalue weighted by Gasteiger charge is -2.17. The summed E-state index contributed by atoms with van der Waals surface area (Å²) in [5.41, 5.74) is 2.97. The fraction of sp³-hybridized carbons (Fsp3) is 0.120. The molecule has 1 unspecified atom stereocenters. The maximum atomic E-state index is 10.5. The number of phenols is 2. The smallest absolute Gasteiger partial charge is 0.119 e. The third-order valence-corrected chi connectivity index (χ3v) is 6.14. The van der Waals surface area contributed by atoms with Gasteiger partial charge in [0.2, 0.25) is 0 Å². The van der Waals surface area contributed by atoms with Crippen molar-refractivity contribution in [2.45, 2.75) is 29.6 Å². The van der Waals surface area contributed by atoms with Gasteiger partial charge in [0.05, 0.1) is 0 Å². The van der Waals surface area contributed by atoms with Crippen LogP contribution < -0.4 is 0 Å². The van der Waals surface area contributed by atoms with E-state index in [1.807, 2.05) is 31.2 Å². The Kier molecular flexibility index (Phi) is 5.01. The van der Waals surface area contributed by atoms with Crippen LogP contribution in [0.1, 0.15) is 29.5 Å². The molecule has 0 saturated carbocycles. The first-order valence-corrected chi connectivity index (χ1v) is 10.1. The van der Waals surface area contributed by atoms with Crippen molar-refractivity contribution in [2.75, 3.05) is 0 Å². The van der Waals surface area contributed by atoms with Gasteiger partial charge in [0.1, 0.15) is 11.5 Å². The minimum Gasteiger partial charge on any atom is -0.508 e. The van der Waals surface area contributed by atoms with Crippen LogP contribution in [0.15, 0.2) is 88.7 Å². The van der Waals surface area contributed by atoms with Crippen LogP contribution in [0.4, 0.5) is 0 Å². The Balaban J connectivity index is 1.71. The molecule has 4 aromatic carbocycles. The number of benzene rings is 4. The highest BCUT2D eigenvalue weighted by atomic mass is 32.2. The molecule has 28 heavy (non-hydrogen) atoms. The normalized spacial score (nSPS) is 12.2. The molecule has 140 valence electrons. The second-order valence-corrected chi connectivity index (χ2v) is 8.21. The molecule has 0 fully saturated rings. The van der Waals surface area contributed by atoms with Gasteiger partial charge in [-0.05, 0) is 65.2 Å². The third-order valence-electron chi connectivity index (χ3n) is 5.16. The summed E-state index contributed by atoms with van der Waals surface area (Å²) in [5, 5.41) is 22.7. The number of aryl methyl sites for hydroxylation is 1. The summed E-state index contributed by atoms with van der Waals surface area (Å²) in [5.74, 6) is 0.681. The molecule has 0 aliphatic carbocycles. The van der Waals surface area contributed by atoms with E-state index in [0.29, 0.717) is 11.5 Å². The predicted octanol–water partition coefficient (Wildman–Crippen LogP) is 6.86. The number of fused-ring (bicyclic) bond motifs is 1. The number of phenolic OH excluding ortho intramolecular Hbond substituents is 2. The van der Waals surface area contributed by atoms with E-state index in [1.165, 1.54) is 16.3 Å². The summed E-state index contributed by atoms with van der Waals surface area (Å²) >= 11 is 1.63. The molecule has 0 aliphatic heterocycles. The van der Waals surface area contributed by atoms with Crippen LogP contribution in [0, 0.1) is 6.92 Å². The molecule has 0 aromatic heterocycles. The largest absolute Gasteiger partial charge is 0.508 e. The summed E-state index contributed by atoms with van der Waals surface area (Å²) in [6, 6.07) is 26.0. The molecule has 0 radical (unpaired) electrons. The van der Waals surface area contributed by atoms with Crippen molar-refractivity contribution in [1.82, 2.24) is 0 Å². The van der Waals surface area contributed by atoms with Crippen molar-refractivity contribution >= 4 is 22.5 Å². The summed E-state index contributed by atoms with van der Waals surface area (Å²) in [4.78, 5) is 2.12. The molecule has 0 saturated heterocycles. The molecule has 3 heteroatoms. The summed E-state index contributed by atoms with van der Waals surface area (Å²) in [6.07, 6.45) is 0. The standard InChI is InChI=1S/C25H22O2S/c1-16-14-19(10-12-24(16)26)28-20-11-13-25(27)23(15-20)17(2)21-9-5-7-18-6-3-4-8-22(18)21/h3-15,17,26-27H,1-2H3. The highest BCUT2D eigenvalue weighted by Gasteiger charge is 2.16. The second kappa shape index (κ2) is 7.61. The Hall–Kier alpha value is -2.91. The van der Waals surface area contributed by atoms with Crippen molar-refractivity contribution < 1.29 is 10.2 Å². The van der Waals surface area contributed by atoms with E-state index >= 15 is 0 Å². The SMILES string of the molecule is Cc1cc(Sc2ccc(O)c(C(C)c3cccc4ccccc34)c2)ccc1O. The zero-order valence-electron chi connectivity index (χ0n) is 15.9. The number of rotatable bonds is 4. The van der Waals surface area contributed by atoms with Gasteiger partial charge >= 0.3 is 0 Å². The zero-order chi connectivity index (χ0) is 19.7. The number of aromatic hydroxyl groups is 2. The number of hydrogen-bond acceptors (Lipinski definition) is 3. The van der Waals surface area contributed by atoms with Crippen molar-refractivity contribution in [1.29, 1.82) is 0 Å². The maximum Gasteiger partial charge on any atom is 0.119 e. The van der Waals surface area contributed by atoms with Crippen LogP contribution in [-0.4, -0.2) is 10.2 Å². The van der Waals surface area contributed by atoms with E-state index in [9.17, 15) is 10.2 Å². The van der Waals surface area contributed by atoms with Gasteiger partial charge in [-0.1, -0.05) is 61.2 Å². The van der Waals surface area contributed by atoms with Crippen LogP contribution in [-0.2, 0) is 0 Å². The highest BCUT2D eigenvalue weighted by molar-refractivity contribution is 7.99. The topological polar surface area (TPSA) is 40.5 Å². The molecule has 0 spiro atoms. The molecule has 2 N–H and O–H groups in total. The molecule has 4 rings (SSSR count). The van der Waals surface area contributed by atoms with Gasteiger partial charge in [0.15, 0.2) is 0 Å². The number of hydrogen-bond donors (Lipinski definition) is 2. The van der Waals surface area contributed by atoms with Gasteiger partial charge in [-0.15, -0.1) is 0 Å². The van der Waals surface area contributed by atoms with E-state index in [0.717, 1.165) is 20.9 Å². The first kappa shape index (κ1) is 18.5. The molecule has 2 nitrogen and oxygen atoms in total. The van der Waals surface area contributed by atoms with E-state index in [1.54, 1.807) is 23.9 Å². The molecule has 1 atom stereocenters. The molecule has 0 bridgehead atoms. The average Bonchev–Trinajstić information content (AvgIpc) is 2.71. The summed E-state index contributed by atoms with van der Waals surface area (Å²) in [6.45, 7) is 4.03. The zero-order valence-corrected chi connectivity index (χ0v) is 16.7. The Morgan fingerprint density at radius 3 is 2.18 bits per heavy atom. The van der Waals surface area contributed by atoms with Crippen LogP contribution >= 0.6 is 11.8 Å². The van der Waals surface area contributed by atoms with Crippen LogP contribution in [0.3, 0.4) is 0 Å². The van der Waals surface area contributed by atoms with E-state index in [2.05, 4.69) is 49.4 Å². The van der Waals surface area contributed by atoms with Crippen molar-refractivity contribution in [3.63, 3.8) is 0 Å². The fourth-order valence-electron chi connectivity index (χ4n) is 3.57. The monoisotopic (exact) mass is 386 g/mol. The maximum absolute atomic E-state index is 10.5. The van der Waals surface area contributed by atoms with Gasteiger partial charge in [-0.25, -0.2) is 0 Å².